The maximum absolute atomic E-state index is 12.9. The molecule has 10 heteroatoms. The molecule has 0 aliphatic rings. The lowest BCUT2D eigenvalue weighted by Gasteiger charge is -2.15. The smallest absolute Gasteiger partial charge is 0.309 e. The van der Waals surface area contributed by atoms with E-state index in [1.807, 2.05) is 0 Å². The van der Waals surface area contributed by atoms with Crippen molar-refractivity contribution < 1.29 is 26.8 Å². The lowest BCUT2D eigenvalue weighted by Crippen LogP contribution is -2.42. The number of thiophene rings is 1. The maximum Gasteiger partial charge on any atom is 0.309 e. The van der Waals surface area contributed by atoms with Gasteiger partial charge in [0.1, 0.15) is 21.0 Å². The summed E-state index contributed by atoms with van der Waals surface area (Å²) in [5.41, 5.74) is 0.803. The summed E-state index contributed by atoms with van der Waals surface area (Å²) in [6.45, 7) is -0.148. The van der Waals surface area contributed by atoms with Gasteiger partial charge in [0.05, 0.1) is 6.26 Å². The third kappa shape index (κ3) is 5.33. The number of carbonyl (C=O) groups excluding carboxylic acids is 2. The van der Waals surface area contributed by atoms with Crippen LogP contribution in [0.15, 0.2) is 68.8 Å². The second-order valence-corrected chi connectivity index (χ2v) is 9.63. The highest BCUT2D eigenvalue weighted by atomic mass is 32.2. The minimum atomic E-state index is -3.81. The monoisotopic (exact) mass is 450 g/mol. The van der Waals surface area contributed by atoms with E-state index in [1.54, 1.807) is 29.6 Å². The van der Waals surface area contributed by atoms with Crippen molar-refractivity contribution in [2.24, 2.45) is 0 Å². The number of hydrogen-bond donors (Lipinski definition) is 2. The van der Waals surface area contributed by atoms with E-state index in [0.29, 0.717) is 6.42 Å². The molecule has 1 aromatic carbocycles. The molecule has 0 bridgehead atoms. The SMILES string of the molecule is O=C(NCCc1ccc(F)cc1)C(=O)NC[C@@H](c1ccco1)S(=O)(=O)c1cccs1. The van der Waals surface area contributed by atoms with E-state index in [-0.39, 0.29) is 28.9 Å². The Kier molecular flexibility index (Phi) is 7.01. The van der Waals surface area contributed by atoms with Crippen molar-refractivity contribution in [1.82, 2.24) is 10.6 Å². The summed E-state index contributed by atoms with van der Waals surface area (Å²) >= 11 is 1.06. The van der Waals surface area contributed by atoms with E-state index in [2.05, 4.69) is 10.6 Å². The molecule has 0 fully saturated rings. The van der Waals surface area contributed by atoms with Gasteiger partial charge in [0.25, 0.3) is 0 Å². The van der Waals surface area contributed by atoms with Crippen molar-refractivity contribution in [1.29, 1.82) is 0 Å². The molecule has 2 amide bonds. The molecule has 0 aliphatic carbocycles. The van der Waals surface area contributed by atoms with Gasteiger partial charge >= 0.3 is 11.8 Å². The molecule has 0 spiro atoms. The van der Waals surface area contributed by atoms with Gasteiger partial charge in [-0.25, -0.2) is 12.8 Å². The van der Waals surface area contributed by atoms with Gasteiger partial charge in [-0.05, 0) is 47.7 Å². The molecule has 0 aliphatic heterocycles. The summed E-state index contributed by atoms with van der Waals surface area (Å²) in [6.07, 6.45) is 1.76. The molecule has 0 radical (unpaired) electrons. The van der Waals surface area contributed by atoms with Crippen LogP contribution in [0, 0.1) is 5.82 Å². The Hall–Kier alpha value is -2.98. The summed E-state index contributed by atoms with van der Waals surface area (Å²) < 4.78 is 44.1. The second kappa shape index (κ2) is 9.68. The number of nitrogens with one attached hydrogen (secondary N) is 2. The number of amides is 2. The van der Waals surface area contributed by atoms with Crippen molar-refractivity contribution in [3.63, 3.8) is 0 Å². The van der Waals surface area contributed by atoms with Crippen LogP contribution in [0.1, 0.15) is 16.6 Å². The topological polar surface area (TPSA) is 105 Å². The standard InChI is InChI=1S/C20H19FN2O5S2/c21-15-7-5-14(6-8-15)9-10-22-19(24)20(25)23-13-17(16-3-1-11-28-16)30(26,27)18-4-2-12-29-18/h1-8,11-12,17H,9-10,13H2,(H,22,24)(H,23,25)/t17-/m0/s1. The molecular formula is C20H19FN2O5S2. The van der Waals surface area contributed by atoms with Gasteiger partial charge in [0.15, 0.2) is 9.84 Å². The fourth-order valence-electron chi connectivity index (χ4n) is 2.72. The van der Waals surface area contributed by atoms with Gasteiger partial charge in [0.2, 0.25) is 0 Å². The molecule has 2 N–H and O–H groups in total. The van der Waals surface area contributed by atoms with Crippen molar-refractivity contribution in [3.8, 4) is 0 Å². The Bertz CT molecular complexity index is 1080. The first-order valence-corrected chi connectivity index (χ1v) is 11.4. The molecule has 30 heavy (non-hydrogen) atoms. The highest BCUT2D eigenvalue weighted by Crippen LogP contribution is 2.31. The highest BCUT2D eigenvalue weighted by Gasteiger charge is 2.33. The molecule has 2 heterocycles. The van der Waals surface area contributed by atoms with E-state index in [9.17, 15) is 22.4 Å². The molecule has 0 unspecified atom stereocenters. The number of benzene rings is 1. The zero-order valence-corrected chi connectivity index (χ0v) is 17.3. The third-order valence-electron chi connectivity index (χ3n) is 4.28. The highest BCUT2D eigenvalue weighted by molar-refractivity contribution is 7.93. The number of sulfone groups is 1. The van der Waals surface area contributed by atoms with Crippen LogP contribution < -0.4 is 10.6 Å². The molecule has 3 aromatic rings. The summed E-state index contributed by atoms with van der Waals surface area (Å²) in [5, 5.41) is 5.29. The number of halogens is 1. The summed E-state index contributed by atoms with van der Waals surface area (Å²) in [7, 11) is -3.81. The number of furan rings is 1. The normalized spacial score (nSPS) is 12.3. The van der Waals surface area contributed by atoms with Crippen molar-refractivity contribution in [2.45, 2.75) is 15.9 Å². The van der Waals surface area contributed by atoms with Gasteiger partial charge in [-0.3, -0.25) is 9.59 Å². The number of rotatable bonds is 8. The van der Waals surface area contributed by atoms with Crippen LogP contribution >= 0.6 is 11.3 Å². The van der Waals surface area contributed by atoms with Gasteiger partial charge in [-0.2, -0.15) is 0 Å². The Balaban J connectivity index is 1.57. The quantitative estimate of drug-likeness (QED) is 0.513. The summed E-state index contributed by atoms with van der Waals surface area (Å²) in [4.78, 5) is 24.1. The van der Waals surface area contributed by atoms with Crippen molar-refractivity contribution in [2.75, 3.05) is 13.1 Å². The van der Waals surface area contributed by atoms with Crippen LogP contribution in [0.2, 0.25) is 0 Å². The Morgan fingerprint density at radius 1 is 1.03 bits per heavy atom. The third-order valence-corrected chi connectivity index (χ3v) is 7.77. The Labute approximate surface area is 176 Å². The van der Waals surface area contributed by atoms with Crippen molar-refractivity contribution in [3.05, 3.63) is 77.3 Å². The fraction of sp³-hybridized carbons (Fsp3) is 0.200. The number of carbonyl (C=O) groups is 2. The van der Waals surface area contributed by atoms with E-state index in [1.165, 1.54) is 30.5 Å². The molecule has 1 atom stereocenters. The average molecular weight is 451 g/mol. The van der Waals surface area contributed by atoms with Crippen LogP contribution in [0.3, 0.4) is 0 Å². The van der Waals surface area contributed by atoms with Gasteiger partial charge < -0.3 is 15.1 Å². The summed E-state index contributed by atoms with van der Waals surface area (Å²) in [5.74, 6) is -2.03. The largest absolute Gasteiger partial charge is 0.468 e. The first-order chi connectivity index (χ1) is 14.4. The predicted octanol–water partition coefficient (Wildman–Crippen LogP) is 2.47. The minimum Gasteiger partial charge on any atom is -0.468 e. The molecule has 0 saturated carbocycles. The van der Waals surface area contributed by atoms with E-state index in [4.69, 9.17) is 4.42 Å². The molecule has 3 rings (SSSR count). The molecule has 158 valence electrons. The summed E-state index contributed by atoms with van der Waals surface area (Å²) in [6, 6.07) is 11.9. The van der Waals surface area contributed by atoms with E-state index in [0.717, 1.165) is 16.9 Å². The van der Waals surface area contributed by atoms with Gasteiger partial charge in [-0.15, -0.1) is 11.3 Å². The molecule has 0 saturated heterocycles. The zero-order chi connectivity index (χ0) is 21.6. The lowest BCUT2D eigenvalue weighted by molar-refractivity contribution is -0.139. The second-order valence-electron chi connectivity index (χ2n) is 6.32. The van der Waals surface area contributed by atoms with E-state index >= 15 is 0 Å². The Morgan fingerprint density at radius 3 is 2.40 bits per heavy atom. The van der Waals surface area contributed by atoms with E-state index < -0.39 is 26.9 Å². The van der Waals surface area contributed by atoms with Crippen LogP contribution in [-0.4, -0.2) is 33.3 Å². The first-order valence-electron chi connectivity index (χ1n) is 8.99. The van der Waals surface area contributed by atoms with Crippen LogP contribution in [0.4, 0.5) is 4.39 Å². The molecular weight excluding hydrogens is 431 g/mol. The maximum atomic E-state index is 12.9. The minimum absolute atomic E-state index is 0.141. The fourth-order valence-corrected chi connectivity index (χ4v) is 5.51. The van der Waals surface area contributed by atoms with Gasteiger partial charge in [0, 0.05) is 13.1 Å². The lowest BCUT2D eigenvalue weighted by atomic mass is 10.1. The average Bonchev–Trinajstić information content (AvgIpc) is 3.44. The predicted molar refractivity (Wildman–Crippen MR) is 109 cm³/mol. The Morgan fingerprint density at radius 2 is 1.77 bits per heavy atom. The molecule has 2 aromatic heterocycles. The zero-order valence-electron chi connectivity index (χ0n) is 15.7. The number of hydrogen-bond acceptors (Lipinski definition) is 6. The van der Waals surface area contributed by atoms with Crippen LogP contribution in [0.25, 0.3) is 0 Å². The van der Waals surface area contributed by atoms with Gasteiger partial charge in [-0.1, -0.05) is 18.2 Å². The van der Waals surface area contributed by atoms with Crippen LogP contribution in [0.5, 0.6) is 0 Å². The van der Waals surface area contributed by atoms with Crippen LogP contribution in [-0.2, 0) is 25.8 Å². The first kappa shape index (κ1) is 21.7. The van der Waals surface area contributed by atoms with Crippen molar-refractivity contribution >= 4 is 33.0 Å². The molecule has 7 nitrogen and oxygen atoms in total.